The number of amides is 1. The Bertz CT molecular complexity index is 435. The summed E-state index contributed by atoms with van der Waals surface area (Å²) in [6, 6.07) is 1.52. The van der Waals surface area contributed by atoms with E-state index in [0.29, 0.717) is 12.4 Å². The van der Waals surface area contributed by atoms with E-state index < -0.39 is 13.0 Å². The molecule has 1 fully saturated rings. The zero-order valence-corrected chi connectivity index (χ0v) is 10.6. The highest BCUT2D eigenvalue weighted by Crippen LogP contribution is 2.31. The maximum absolute atomic E-state index is 12.2. The van der Waals surface area contributed by atoms with Gasteiger partial charge in [-0.25, -0.2) is 8.78 Å². The van der Waals surface area contributed by atoms with Crippen LogP contribution in [0, 0.1) is 11.8 Å². The highest BCUT2D eigenvalue weighted by Gasteiger charge is 2.32. The predicted molar refractivity (Wildman–Crippen MR) is 66.7 cm³/mol. The van der Waals surface area contributed by atoms with Gasteiger partial charge in [0, 0.05) is 18.2 Å². The van der Waals surface area contributed by atoms with Crippen LogP contribution >= 0.6 is 0 Å². The molecule has 106 valence electrons. The molecular formula is C12H18F2N4O. The van der Waals surface area contributed by atoms with Gasteiger partial charge >= 0.3 is 0 Å². The quantitative estimate of drug-likeness (QED) is 0.852. The fraction of sp³-hybridized carbons (Fsp3) is 0.667. The first-order valence-electron chi connectivity index (χ1n) is 6.42. The molecule has 0 aliphatic heterocycles. The van der Waals surface area contributed by atoms with Crippen molar-refractivity contribution in [1.82, 2.24) is 9.78 Å². The molecule has 1 aliphatic carbocycles. The minimum absolute atomic E-state index is 0.0924. The van der Waals surface area contributed by atoms with Crippen LogP contribution in [-0.4, -0.2) is 28.7 Å². The molecule has 2 rings (SSSR count). The lowest BCUT2D eigenvalue weighted by Crippen LogP contribution is -2.29. The fourth-order valence-corrected chi connectivity index (χ4v) is 2.55. The van der Waals surface area contributed by atoms with E-state index in [0.717, 1.165) is 23.9 Å². The van der Waals surface area contributed by atoms with Crippen LogP contribution in [0.5, 0.6) is 0 Å². The Morgan fingerprint density at radius 2 is 2.37 bits per heavy atom. The number of nitrogens with one attached hydrogen (secondary N) is 1. The Morgan fingerprint density at radius 1 is 1.58 bits per heavy atom. The second-order valence-corrected chi connectivity index (χ2v) is 4.84. The van der Waals surface area contributed by atoms with Gasteiger partial charge in [-0.15, -0.1) is 0 Å². The van der Waals surface area contributed by atoms with Gasteiger partial charge in [0.25, 0.3) is 6.43 Å². The number of halogens is 2. The number of anilines is 1. The lowest BCUT2D eigenvalue weighted by Gasteiger charge is -2.16. The molecule has 3 N–H and O–H groups in total. The van der Waals surface area contributed by atoms with Crippen LogP contribution in [0.25, 0.3) is 0 Å². The Balaban J connectivity index is 1.93. The third-order valence-corrected chi connectivity index (χ3v) is 3.52. The highest BCUT2D eigenvalue weighted by molar-refractivity contribution is 5.92. The van der Waals surface area contributed by atoms with Crippen molar-refractivity contribution < 1.29 is 13.6 Å². The maximum atomic E-state index is 12.2. The Hall–Kier alpha value is -1.50. The molecule has 1 saturated carbocycles. The molecule has 7 heteroatoms. The van der Waals surface area contributed by atoms with Gasteiger partial charge in [-0.1, -0.05) is 6.42 Å². The summed E-state index contributed by atoms with van der Waals surface area (Å²) in [6.07, 6.45) is 1.76. The van der Waals surface area contributed by atoms with Gasteiger partial charge in [-0.05, 0) is 25.3 Å². The lowest BCUT2D eigenvalue weighted by molar-refractivity contribution is -0.120. The molecule has 0 aromatic carbocycles. The first kappa shape index (κ1) is 13.9. The van der Waals surface area contributed by atoms with Crippen LogP contribution in [0.3, 0.4) is 0 Å². The van der Waals surface area contributed by atoms with Crippen molar-refractivity contribution in [3.8, 4) is 0 Å². The number of hydrogen-bond donors (Lipinski definition) is 2. The summed E-state index contributed by atoms with van der Waals surface area (Å²) in [5.41, 5.74) is 5.63. The van der Waals surface area contributed by atoms with Gasteiger partial charge in [0.15, 0.2) is 5.82 Å². The van der Waals surface area contributed by atoms with Crippen molar-refractivity contribution in [3.63, 3.8) is 0 Å². The number of hydrogen-bond acceptors (Lipinski definition) is 3. The number of rotatable bonds is 5. The number of carbonyl (C=O) groups excluding carboxylic acids is 1. The summed E-state index contributed by atoms with van der Waals surface area (Å²) in [4.78, 5) is 12.1. The van der Waals surface area contributed by atoms with Crippen molar-refractivity contribution in [2.45, 2.75) is 32.2 Å². The minimum Gasteiger partial charge on any atom is -0.330 e. The maximum Gasteiger partial charge on any atom is 0.257 e. The van der Waals surface area contributed by atoms with E-state index in [4.69, 9.17) is 5.73 Å². The smallest absolute Gasteiger partial charge is 0.257 e. The van der Waals surface area contributed by atoms with E-state index in [2.05, 4.69) is 10.4 Å². The fourth-order valence-electron chi connectivity index (χ4n) is 2.55. The molecular weight excluding hydrogens is 254 g/mol. The average Bonchev–Trinajstić information content (AvgIpc) is 2.96. The van der Waals surface area contributed by atoms with Crippen LogP contribution in [-0.2, 0) is 11.3 Å². The van der Waals surface area contributed by atoms with E-state index in [1.165, 1.54) is 12.3 Å². The summed E-state index contributed by atoms with van der Waals surface area (Å²) in [5, 5.41) is 6.56. The van der Waals surface area contributed by atoms with Crippen LogP contribution in [0.1, 0.15) is 19.3 Å². The number of alkyl halides is 2. The molecule has 2 atom stereocenters. The molecule has 1 aromatic heterocycles. The van der Waals surface area contributed by atoms with E-state index in [-0.39, 0.29) is 17.7 Å². The largest absolute Gasteiger partial charge is 0.330 e. The van der Waals surface area contributed by atoms with Gasteiger partial charge < -0.3 is 11.1 Å². The Morgan fingerprint density at radius 3 is 3.05 bits per heavy atom. The highest BCUT2D eigenvalue weighted by atomic mass is 19.3. The summed E-state index contributed by atoms with van der Waals surface area (Å²) in [6.45, 7) is 0.0304. The summed E-state index contributed by atoms with van der Waals surface area (Å²) < 4.78 is 25.5. The molecule has 19 heavy (non-hydrogen) atoms. The predicted octanol–water partition coefficient (Wildman–Crippen LogP) is 1.46. The SMILES string of the molecule is NC[C@H]1CCC[C@H]1C(=O)Nc1ccn(CC(F)F)n1. The molecule has 0 radical (unpaired) electrons. The van der Waals surface area contributed by atoms with Crippen molar-refractivity contribution in [1.29, 1.82) is 0 Å². The third-order valence-electron chi connectivity index (χ3n) is 3.52. The monoisotopic (exact) mass is 272 g/mol. The minimum atomic E-state index is -2.46. The van der Waals surface area contributed by atoms with Gasteiger partial charge in [0.2, 0.25) is 5.91 Å². The van der Waals surface area contributed by atoms with Gasteiger partial charge in [-0.3, -0.25) is 9.48 Å². The zero-order valence-electron chi connectivity index (χ0n) is 10.6. The van der Waals surface area contributed by atoms with E-state index >= 15 is 0 Å². The molecule has 0 bridgehead atoms. The van der Waals surface area contributed by atoms with E-state index in [1.807, 2.05) is 0 Å². The molecule has 0 saturated heterocycles. The standard InChI is InChI=1S/C12H18F2N4O/c13-10(14)7-18-5-4-11(17-18)16-12(19)9-3-1-2-8(9)6-15/h4-5,8-10H,1-3,6-7,15H2,(H,16,17,19)/t8-,9-/m1/s1. The topological polar surface area (TPSA) is 72.9 Å². The zero-order chi connectivity index (χ0) is 13.8. The Labute approximate surface area is 110 Å². The molecule has 5 nitrogen and oxygen atoms in total. The lowest BCUT2D eigenvalue weighted by atomic mass is 9.95. The van der Waals surface area contributed by atoms with Crippen LogP contribution in [0.4, 0.5) is 14.6 Å². The normalized spacial score (nSPS) is 22.9. The van der Waals surface area contributed by atoms with Crippen molar-refractivity contribution in [2.24, 2.45) is 17.6 Å². The summed E-state index contributed by atoms with van der Waals surface area (Å²) in [7, 11) is 0. The van der Waals surface area contributed by atoms with E-state index in [9.17, 15) is 13.6 Å². The van der Waals surface area contributed by atoms with Gasteiger partial charge in [0.1, 0.15) is 6.54 Å². The molecule has 1 aromatic rings. The second kappa shape index (κ2) is 6.10. The van der Waals surface area contributed by atoms with Crippen molar-refractivity contribution in [3.05, 3.63) is 12.3 Å². The molecule has 1 heterocycles. The van der Waals surface area contributed by atoms with Crippen LogP contribution < -0.4 is 11.1 Å². The first-order chi connectivity index (χ1) is 9.10. The van der Waals surface area contributed by atoms with Gasteiger partial charge in [0.05, 0.1) is 0 Å². The first-order valence-corrected chi connectivity index (χ1v) is 6.42. The van der Waals surface area contributed by atoms with Crippen molar-refractivity contribution >= 4 is 11.7 Å². The van der Waals surface area contributed by atoms with E-state index in [1.54, 1.807) is 0 Å². The van der Waals surface area contributed by atoms with Crippen molar-refractivity contribution in [2.75, 3.05) is 11.9 Å². The summed E-state index contributed by atoms with van der Waals surface area (Å²) >= 11 is 0. The number of nitrogens with two attached hydrogens (primary N) is 1. The number of aromatic nitrogens is 2. The summed E-state index contributed by atoms with van der Waals surface area (Å²) in [5.74, 6) is 0.317. The van der Waals surface area contributed by atoms with Crippen LogP contribution in [0.2, 0.25) is 0 Å². The third kappa shape index (κ3) is 3.50. The molecule has 0 spiro atoms. The molecule has 1 amide bonds. The van der Waals surface area contributed by atoms with Crippen LogP contribution in [0.15, 0.2) is 12.3 Å². The Kier molecular flexibility index (Phi) is 4.47. The average molecular weight is 272 g/mol. The number of nitrogens with zero attached hydrogens (tertiary/aromatic N) is 2. The second-order valence-electron chi connectivity index (χ2n) is 4.84. The van der Waals surface area contributed by atoms with Gasteiger partial charge in [-0.2, -0.15) is 5.10 Å². The number of carbonyl (C=O) groups is 1. The molecule has 0 unspecified atom stereocenters. The molecule has 1 aliphatic rings.